The Hall–Kier alpha value is -2.00. The van der Waals surface area contributed by atoms with Crippen molar-refractivity contribution in [3.8, 4) is 6.19 Å². The maximum atomic E-state index is 11.4. The van der Waals surface area contributed by atoms with E-state index in [0.29, 0.717) is 27.9 Å². The molecule has 0 amide bonds. The van der Waals surface area contributed by atoms with E-state index >= 15 is 0 Å². The van der Waals surface area contributed by atoms with E-state index in [4.69, 9.17) is 16.9 Å². The number of hydrogen-bond donors (Lipinski definition) is 2. The molecule has 0 saturated carbocycles. The Morgan fingerprint density at radius 3 is 2.62 bits per heavy atom. The van der Waals surface area contributed by atoms with Gasteiger partial charge >= 0.3 is 0 Å². The van der Waals surface area contributed by atoms with Crippen LogP contribution < -0.4 is 5.32 Å². The highest BCUT2D eigenvalue weighted by molar-refractivity contribution is 8.13. The molecule has 2 aromatic carbocycles. The third-order valence-electron chi connectivity index (χ3n) is 3.75. The Morgan fingerprint density at radius 1 is 1.33 bits per heavy atom. The topological polar surface area (TPSA) is 68.4 Å². The van der Waals surface area contributed by atoms with Gasteiger partial charge in [0.25, 0.3) is 0 Å². The van der Waals surface area contributed by atoms with Gasteiger partial charge in [0.05, 0.1) is 5.69 Å². The van der Waals surface area contributed by atoms with Crippen molar-refractivity contribution in [3.05, 3.63) is 64.7 Å². The summed E-state index contributed by atoms with van der Waals surface area (Å²) in [6, 6.07) is 14.6. The molecule has 0 fully saturated rings. The average Bonchev–Trinajstić information content (AvgIpc) is 2.62. The highest BCUT2D eigenvalue weighted by Crippen LogP contribution is 2.39. The molecule has 0 aromatic heterocycles. The molecule has 124 valence electrons. The van der Waals surface area contributed by atoms with Crippen LogP contribution in [0.3, 0.4) is 0 Å². The largest absolute Gasteiger partial charge is 0.380 e. The van der Waals surface area contributed by atoms with Gasteiger partial charge in [0.2, 0.25) is 0 Å². The number of thioether (sulfide) groups is 1. The Morgan fingerprint density at radius 2 is 2.04 bits per heavy atom. The van der Waals surface area contributed by atoms with Crippen LogP contribution in [0.2, 0.25) is 5.02 Å². The fraction of sp³-hybridized carbons (Fsp3) is 0.222. The number of hydrogen-bond acceptors (Lipinski definition) is 4. The molecular formula is C18H18ClN3OS. The van der Waals surface area contributed by atoms with Crippen molar-refractivity contribution in [2.75, 3.05) is 6.26 Å². The first-order valence-corrected chi connectivity index (χ1v) is 9.01. The molecule has 2 N–H and O–H groups in total. The van der Waals surface area contributed by atoms with Crippen LogP contribution >= 0.6 is 23.4 Å². The number of nitrogens with one attached hydrogen (secondary N) is 1. The third-order valence-corrected chi connectivity index (χ3v) is 4.56. The summed E-state index contributed by atoms with van der Waals surface area (Å²) in [5.74, 6) is 0. The number of halogens is 1. The standard InChI is InChI=1S/C18H18ClN3OS/c1-3-18(23,13-7-5-4-6-8-13)15-11-14(19)9-10-16(15)22-17(24-2)21-12-20/h4-11,23H,3H2,1-2H3,(H,21,22). The predicted molar refractivity (Wildman–Crippen MR) is 101 cm³/mol. The fourth-order valence-electron chi connectivity index (χ4n) is 2.48. The molecule has 0 aliphatic carbocycles. The minimum Gasteiger partial charge on any atom is -0.380 e. The van der Waals surface area contributed by atoms with E-state index in [-0.39, 0.29) is 0 Å². The first-order valence-electron chi connectivity index (χ1n) is 7.41. The van der Waals surface area contributed by atoms with Crippen LogP contribution in [-0.4, -0.2) is 16.5 Å². The Balaban J connectivity index is 2.64. The second kappa shape index (κ2) is 8.20. The summed E-state index contributed by atoms with van der Waals surface area (Å²) in [4.78, 5) is 4.47. The van der Waals surface area contributed by atoms with Gasteiger partial charge in [-0.2, -0.15) is 5.26 Å². The van der Waals surface area contributed by atoms with Crippen molar-refractivity contribution in [2.24, 2.45) is 4.99 Å². The minimum absolute atomic E-state index is 0.451. The molecule has 6 heteroatoms. The molecule has 1 unspecified atom stereocenters. The molecule has 0 radical (unpaired) electrons. The highest BCUT2D eigenvalue weighted by atomic mass is 35.5. The molecular weight excluding hydrogens is 342 g/mol. The van der Waals surface area contributed by atoms with Crippen molar-refractivity contribution < 1.29 is 5.11 Å². The number of aliphatic imine (C=N–C) groups is 1. The molecule has 0 aliphatic rings. The summed E-state index contributed by atoms with van der Waals surface area (Å²) in [7, 11) is 0. The fourth-order valence-corrected chi connectivity index (χ4v) is 2.99. The van der Waals surface area contributed by atoms with E-state index < -0.39 is 5.60 Å². The zero-order chi connectivity index (χ0) is 17.6. The van der Waals surface area contributed by atoms with Crippen molar-refractivity contribution in [3.63, 3.8) is 0 Å². The lowest BCUT2D eigenvalue weighted by Crippen LogP contribution is -2.26. The summed E-state index contributed by atoms with van der Waals surface area (Å²) in [6.07, 6.45) is 4.14. The monoisotopic (exact) mass is 359 g/mol. The highest BCUT2D eigenvalue weighted by Gasteiger charge is 2.32. The van der Waals surface area contributed by atoms with Gasteiger partial charge in [-0.1, -0.05) is 60.6 Å². The third kappa shape index (κ3) is 3.90. The van der Waals surface area contributed by atoms with E-state index in [9.17, 15) is 5.11 Å². The van der Waals surface area contributed by atoms with Crippen LogP contribution in [0.5, 0.6) is 0 Å². The van der Waals surface area contributed by atoms with E-state index in [1.165, 1.54) is 11.8 Å². The van der Waals surface area contributed by atoms with Crippen LogP contribution in [0.4, 0.5) is 5.69 Å². The van der Waals surface area contributed by atoms with E-state index in [0.717, 1.165) is 5.56 Å². The Kier molecular flexibility index (Phi) is 6.27. The van der Waals surface area contributed by atoms with Crippen molar-refractivity contribution in [1.29, 1.82) is 5.26 Å². The molecule has 0 aliphatic heterocycles. The molecule has 2 aromatic rings. The van der Waals surface area contributed by atoms with Gasteiger partial charge in [0.1, 0.15) is 5.60 Å². The van der Waals surface area contributed by atoms with Gasteiger partial charge in [-0.15, -0.1) is 0 Å². The van der Waals surface area contributed by atoms with Crippen LogP contribution in [0.15, 0.2) is 53.5 Å². The van der Waals surface area contributed by atoms with E-state index in [2.05, 4.69) is 10.3 Å². The van der Waals surface area contributed by atoms with E-state index in [1.54, 1.807) is 18.2 Å². The molecule has 0 heterocycles. The molecule has 0 spiro atoms. The first-order chi connectivity index (χ1) is 11.5. The molecule has 2 rings (SSSR count). The Labute approximate surface area is 151 Å². The van der Waals surface area contributed by atoms with Gasteiger partial charge in [-0.3, -0.25) is 5.32 Å². The minimum atomic E-state index is -1.22. The van der Waals surface area contributed by atoms with Crippen LogP contribution in [-0.2, 0) is 5.60 Å². The lowest BCUT2D eigenvalue weighted by Gasteiger charge is -2.29. The summed E-state index contributed by atoms with van der Waals surface area (Å²) in [6.45, 7) is 1.91. The lowest BCUT2D eigenvalue weighted by molar-refractivity contribution is 0.0771. The maximum Gasteiger partial charge on any atom is 0.183 e. The number of aliphatic hydroxyl groups is 1. The summed E-state index contributed by atoms with van der Waals surface area (Å²) in [5.41, 5.74) is 0.723. The lowest BCUT2D eigenvalue weighted by atomic mass is 9.83. The van der Waals surface area contributed by atoms with Gasteiger partial charge < -0.3 is 5.11 Å². The van der Waals surface area contributed by atoms with Gasteiger partial charge in [0, 0.05) is 10.6 Å². The normalized spacial score (nSPS) is 13.9. The Bertz CT molecular complexity index is 774. The van der Waals surface area contributed by atoms with Gasteiger partial charge in [-0.05, 0) is 36.4 Å². The summed E-state index contributed by atoms with van der Waals surface area (Å²) in [5, 5.41) is 23.7. The van der Waals surface area contributed by atoms with Crippen LogP contribution in [0, 0.1) is 11.5 Å². The second-order valence-electron chi connectivity index (χ2n) is 5.10. The number of nitriles is 1. The number of amidine groups is 1. The van der Waals surface area contributed by atoms with Crippen molar-refractivity contribution >= 4 is 34.2 Å². The van der Waals surface area contributed by atoms with E-state index in [1.807, 2.05) is 49.7 Å². The smallest absolute Gasteiger partial charge is 0.183 e. The first kappa shape index (κ1) is 18.3. The maximum absolute atomic E-state index is 11.4. The van der Waals surface area contributed by atoms with Crippen LogP contribution in [0.1, 0.15) is 24.5 Å². The average molecular weight is 360 g/mol. The van der Waals surface area contributed by atoms with Crippen molar-refractivity contribution in [2.45, 2.75) is 18.9 Å². The zero-order valence-electron chi connectivity index (χ0n) is 13.5. The van der Waals surface area contributed by atoms with Crippen molar-refractivity contribution in [1.82, 2.24) is 5.32 Å². The molecule has 4 nitrogen and oxygen atoms in total. The summed E-state index contributed by atoms with van der Waals surface area (Å²) >= 11 is 7.48. The molecule has 0 bridgehead atoms. The predicted octanol–water partition coefficient (Wildman–Crippen LogP) is 4.41. The number of rotatable bonds is 4. The quantitative estimate of drug-likeness (QED) is 0.367. The van der Waals surface area contributed by atoms with Gasteiger partial charge in [-0.25, -0.2) is 4.99 Å². The molecule has 1 atom stereocenters. The number of benzene rings is 2. The zero-order valence-corrected chi connectivity index (χ0v) is 15.0. The SMILES string of the molecule is CCC(O)(c1ccccc1)c1cc(Cl)ccc1N=C(NC#N)SC. The molecule has 24 heavy (non-hydrogen) atoms. The number of nitrogens with zero attached hydrogens (tertiary/aromatic N) is 2. The molecule has 0 saturated heterocycles. The van der Waals surface area contributed by atoms with Crippen LogP contribution in [0.25, 0.3) is 0 Å². The van der Waals surface area contributed by atoms with Gasteiger partial charge in [0.15, 0.2) is 11.4 Å². The summed E-state index contributed by atoms with van der Waals surface area (Å²) < 4.78 is 0. The second-order valence-corrected chi connectivity index (χ2v) is 6.33.